The van der Waals surface area contributed by atoms with Gasteiger partial charge in [0, 0.05) is 15.8 Å². The Morgan fingerprint density at radius 3 is 2.69 bits per heavy atom. The van der Waals surface area contributed by atoms with Crippen molar-refractivity contribution in [2.45, 2.75) is 20.8 Å². The van der Waals surface area contributed by atoms with Crippen LogP contribution in [0.5, 0.6) is 0 Å². The van der Waals surface area contributed by atoms with Crippen LogP contribution in [0, 0.1) is 6.92 Å². The van der Waals surface area contributed by atoms with Gasteiger partial charge >= 0.3 is 0 Å². The van der Waals surface area contributed by atoms with Crippen LogP contribution in [0.4, 0.5) is 0 Å². The molecule has 0 aliphatic carbocycles. The third kappa shape index (κ3) is 1.98. The molecule has 2 aromatic rings. The van der Waals surface area contributed by atoms with E-state index in [-0.39, 0.29) is 5.56 Å². The van der Waals surface area contributed by atoms with Crippen molar-refractivity contribution in [3.63, 3.8) is 0 Å². The zero-order valence-corrected chi connectivity index (χ0v) is 8.87. The van der Waals surface area contributed by atoms with E-state index >= 15 is 0 Å². The lowest BCUT2D eigenvalue weighted by Gasteiger charge is -1.83. The second-order valence-electron chi connectivity index (χ2n) is 2.44. The van der Waals surface area contributed by atoms with Crippen LogP contribution in [0.1, 0.15) is 18.7 Å². The molecular formula is C10H13NOS. The topological polar surface area (TPSA) is 32.9 Å². The van der Waals surface area contributed by atoms with Gasteiger partial charge in [0.2, 0.25) is 0 Å². The molecule has 0 saturated heterocycles. The maximum atomic E-state index is 11.1. The summed E-state index contributed by atoms with van der Waals surface area (Å²) in [6.07, 6.45) is 1.68. The van der Waals surface area contributed by atoms with Gasteiger partial charge in [0.15, 0.2) is 0 Å². The normalized spacial score (nSPS) is 9.46. The molecule has 0 fully saturated rings. The average Bonchev–Trinajstić information content (AvgIpc) is 2.51. The van der Waals surface area contributed by atoms with Crippen molar-refractivity contribution in [3.8, 4) is 0 Å². The summed E-state index contributed by atoms with van der Waals surface area (Å²) >= 11 is 1.65. The highest BCUT2D eigenvalue weighted by Crippen LogP contribution is 2.20. The minimum absolute atomic E-state index is 0.00634. The van der Waals surface area contributed by atoms with Gasteiger partial charge in [0.1, 0.15) is 0 Å². The number of nitrogens with one attached hydrogen (secondary N) is 1. The number of aryl methyl sites for hydroxylation is 1. The van der Waals surface area contributed by atoms with Crippen LogP contribution in [-0.2, 0) is 0 Å². The van der Waals surface area contributed by atoms with Gasteiger partial charge in [-0.1, -0.05) is 13.8 Å². The number of thiophene rings is 1. The molecule has 0 amide bonds. The van der Waals surface area contributed by atoms with Gasteiger partial charge in [-0.3, -0.25) is 4.79 Å². The molecule has 2 heterocycles. The summed E-state index contributed by atoms with van der Waals surface area (Å²) < 4.78 is 1.06. The molecule has 0 bridgehead atoms. The molecule has 1 N–H and O–H groups in total. The third-order valence-electron chi connectivity index (χ3n) is 1.58. The minimum Gasteiger partial charge on any atom is -0.329 e. The number of fused-ring (bicyclic) bond motifs is 1. The highest BCUT2D eigenvalue weighted by molar-refractivity contribution is 7.18. The van der Waals surface area contributed by atoms with E-state index in [0.29, 0.717) is 0 Å². The van der Waals surface area contributed by atoms with Gasteiger partial charge in [-0.05, 0) is 19.1 Å². The molecule has 0 aliphatic rings. The molecule has 2 aromatic heterocycles. The Labute approximate surface area is 81.2 Å². The van der Waals surface area contributed by atoms with Gasteiger partial charge in [-0.25, -0.2) is 0 Å². The second kappa shape index (κ2) is 4.23. The smallest absolute Gasteiger partial charge is 0.256 e. The molecule has 0 saturated carbocycles. The number of aromatic nitrogens is 1. The van der Waals surface area contributed by atoms with Gasteiger partial charge < -0.3 is 4.98 Å². The van der Waals surface area contributed by atoms with E-state index in [1.807, 2.05) is 32.9 Å². The predicted molar refractivity (Wildman–Crippen MR) is 58.5 cm³/mol. The van der Waals surface area contributed by atoms with Gasteiger partial charge in [-0.2, -0.15) is 0 Å². The highest BCUT2D eigenvalue weighted by Gasteiger charge is 1.99. The van der Waals surface area contributed by atoms with Gasteiger partial charge in [-0.15, -0.1) is 11.3 Å². The molecule has 3 heteroatoms. The highest BCUT2D eigenvalue weighted by atomic mass is 32.1. The minimum atomic E-state index is 0.00634. The molecule has 13 heavy (non-hydrogen) atoms. The maximum Gasteiger partial charge on any atom is 0.256 e. The molecular weight excluding hydrogens is 182 g/mol. The first-order valence-electron chi connectivity index (χ1n) is 4.35. The number of rotatable bonds is 0. The number of H-pyrrole nitrogens is 1. The van der Waals surface area contributed by atoms with Crippen LogP contribution < -0.4 is 5.56 Å². The summed E-state index contributed by atoms with van der Waals surface area (Å²) in [7, 11) is 0. The second-order valence-corrected chi connectivity index (χ2v) is 3.73. The van der Waals surface area contributed by atoms with Crippen LogP contribution in [0.25, 0.3) is 10.1 Å². The molecule has 0 radical (unpaired) electrons. The fraction of sp³-hybridized carbons (Fsp3) is 0.300. The zero-order chi connectivity index (χ0) is 9.84. The number of aromatic amines is 1. The fourth-order valence-electron chi connectivity index (χ4n) is 1.10. The summed E-state index contributed by atoms with van der Waals surface area (Å²) in [5, 5.41) is 0.801. The first kappa shape index (κ1) is 9.99. The molecule has 0 atom stereocenters. The molecule has 0 spiro atoms. The first-order valence-corrected chi connectivity index (χ1v) is 5.17. The van der Waals surface area contributed by atoms with E-state index in [1.165, 1.54) is 4.88 Å². The lowest BCUT2D eigenvalue weighted by molar-refractivity contribution is 1.28. The number of pyridine rings is 1. The zero-order valence-electron chi connectivity index (χ0n) is 8.05. The summed E-state index contributed by atoms with van der Waals surface area (Å²) in [6.45, 7) is 6.00. The van der Waals surface area contributed by atoms with Gasteiger partial charge in [0.25, 0.3) is 5.56 Å². The molecule has 2 rings (SSSR count). The molecule has 0 aliphatic heterocycles. The Balaban J connectivity index is 0.000000396. The SMILES string of the molecule is CC.Cc1cc2c(=O)[nH]ccc2s1. The predicted octanol–water partition coefficient (Wildman–Crippen LogP) is 2.92. The van der Waals surface area contributed by atoms with Crippen molar-refractivity contribution in [3.05, 3.63) is 33.6 Å². The van der Waals surface area contributed by atoms with Crippen molar-refractivity contribution < 1.29 is 0 Å². The van der Waals surface area contributed by atoms with E-state index < -0.39 is 0 Å². The Bertz CT molecular complexity index is 441. The summed E-state index contributed by atoms with van der Waals surface area (Å²) in [5.74, 6) is 0. The molecule has 2 nitrogen and oxygen atoms in total. The van der Waals surface area contributed by atoms with E-state index in [9.17, 15) is 4.79 Å². The number of hydrogen-bond donors (Lipinski definition) is 1. The van der Waals surface area contributed by atoms with Crippen LogP contribution >= 0.6 is 11.3 Å². The van der Waals surface area contributed by atoms with Crippen LogP contribution in [0.3, 0.4) is 0 Å². The Morgan fingerprint density at radius 1 is 1.38 bits per heavy atom. The number of hydrogen-bond acceptors (Lipinski definition) is 2. The quantitative estimate of drug-likeness (QED) is 0.688. The van der Waals surface area contributed by atoms with E-state index in [2.05, 4.69) is 4.98 Å². The Morgan fingerprint density at radius 2 is 2.08 bits per heavy atom. The summed E-state index contributed by atoms with van der Waals surface area (Å²) in [4.78, 5) is 15.0. The molecule has 0 unspecified atom stereocenters. The largest absolute Gasteiger partial charge is 0.329 e. The Hall–Kier alpha value is -1.09. The van der Waals surface area contributed by atoms with Crippen molar-refractivity contribution in [2.24, 2.45) is 0 Å². The van der Waals surface area contributed by atoms with Crippen molar-refractivity contribution in [1.29, 1.82) is 0 Å². The van der Waals surface area contributed by atoms with Crippen molar-refractivity contribution in [2.75, 3.05) is 0 Å². The maximum absolute atomic E-state index is 11.1. The molecule has 70 valence electrons. The first-order chi connectivity index (χ1) is 6.27. The third-order valence-corrected chi connectivity index (χ3v) is 2.59. The van der Waals surface area contributed by atoms with Gasteiger partial charge in [0.05, 0.1) is 5.39 Å². The van der Waals surface area contributed by atoms with Crippen molar-refractivity contribution >= 4 is 21.4 Å². The molecule has 0 aromatic carbocycles. The standard InChI is InChI=1S/C8H7NOS.C2H6/c1-5-4-6-7(11-5)2-3-9-8(6)10;1-2/h2-4H,1H3,(H,9,10);1-2H3. The Kier molecular flexibility index (Phi) is 3.25. The van der Waals surface area contributed by atoms with Crippen LogP contribution in [0.2, 0.25) is 0 Å². The summed E-state index contributed by atoms with van der Waals surface area (Å²) in [6, 6.07) is 3.84. The average molecular weight is 195 g/mol. The lowest BCUT2D eigenvalue weighted by Crippen LogP contribution is -2.01. The van der Waals surface area contributed by atoms with Crippen molar-refractivity contribution in [1.82, 2.24) is 4.98 Å². The monoisotopic (exact) mass is 195 g/mol. The van der Waals surface area contributed by atoms with Crippen LogP contribution in [-0.4, -0.2) is 4.98 Å². The van der Waals surface area contributed by atoms with Crippen LogP contribution in [0.15, 0.2) is 23.1 Å². The van der Waals surface area contributed by atoms with E-state index in [4.69, 9.17) is 0 Å². The fourth-order valence-corrected chi connectivity index (χ4v) is 2.03. The summed E-state index contributed by atoms with van der Waals surface area (Å²) in [5.41, 5.74) is 0.00634. The van der Waals surface area contributed by atoms with E-state index in [0.717, 1.165) is 10.1 Å². The van der Waals surface area contributed by atoms with E-state index in [1.54, 1.807) is 17.5 Å². The lowest BCUT2D eigenvalue weighted by atomic mass is 10.3.